The topological polar surface area (TPSA) is 38.5 Å². The second-order valence-electron chi connectivity index (χ2n) is 4.90. The van der Waals surface area contributed by atoms with Crippen LogP contribution in [0.1, 0.15) is 30.5 Å². The molecule has 3 nitrogen and oxygen atoms in total. The predicted octanol–water partition coefficient (Wildman–Crippen LogP) is 2.35. The van der Waals surface area contributed by atoms with Gasteiger partial charge in [0.2, 0.25) is 0 Å². The summed E-state index contributed by atoms with van der Waals surface area (Å²) in [7, 11) is 3.84. The van der Waals surface area contributed by atoms with E-state index in [1.54, 1.807) is 7.11 Å². The van der Waals surface area contributed by atoms with Crippen molar-refractivity contribution in [2.24, 2.45) is 5.73 Å². The Morgan fingerprint density at radius 3 is 2.67 bits per heavy atom. The summed E-state index contributed by atoms with van der Waals surface area (Å²) in [6.07, 6.45) is 0.968. The summed E-state index contributed by atoms with van der Waals surface area (Å²) >= 11 is 0. The molecule has 3 heteroatoms. The van der Waals surface area contributed by atoms with Gasteiger partial charge < -0.3 is 10.5 Å². The number of aryl methyl sites for hydroxylation is 1. The van der Waals surface area contributed by atoms with Crippen LogP contribution in [0.3, 0.4) is 0 Å². The number of benzene rings is 1. The lowest BCUT2D eigenvalue weighted by Gasteiger charge is -2.32. The Labute approximate surface area is 111 Å². The highest BCUT2D eigenvalue weighted by atomic mass is 16.5. The number of hydrogen-bond acceptors (Lipinski definition) is 3. The highest BCUT2D eigenvalue weighted by molar-refractivity contribution is 5.26. The normalized spacial score (nSPS) is 14.8. The molecule has 0 heterocycles. The van der Waals surface area contributed by atoms with Crippen molar-refractivity contribution in [2.75, 3.05) is 27.3 Å². The van der Waals surface area contributed by atoms with Crippen LogP contribution < -0.4 is 5.73 Å². The molecular weight excluding hydrogens is 224 g/mol. The molecule has 0 aromatic heterocycles. The summed E-state index contributed by atoms with van der Waals surface area (Å²) in [5.41, 5.74) is 8.86. The second-order valence-corrected chi connectivity index (χ2v) is 4.90. The van der Waals surface area contributed by atoms with Crippen molar-refractivity contribution in [1.82, 2.24) is 4.90 Å². The molecule has 0 fully saturated rings. The van der Waals surface area contributed by atoms with E-state index in [-0.39, 0.29) is 12.1 Å². The summed E-state index contributed by atoms with van der Waals surface area (Å²) in [6.45, 7) is 5.88. The first-order valence-corrected chi connectivity index (χ1v) is 6.61. The molecule has 1 aromatic rings. The van der Waals surface area contributed by atoms with Crippen LogP contribution in [0.4, 0.5) is 0 Å². The zero-order chi connectivity index (χ0) is 13.5. The van der Waals surface area contributed by atoms with E-state index >= 15 is 0 Å². The van der Waals surface area contributed by atoms with Crippen molar-refractivity contribution in [3.63, 3.8) is 0 Å². The predicted molar refractivity (Wildman–Crippen MR) is 76.7 cm³/mol. The van der Waals surface area contributed by atoms with E-state index in [9.17, 15) is 0 Å². The maximum absolute atomic E-state index is 6.29. The molecule has 0 saturated heterocycles. The van der Waals surface area contributed by atoms with Gasteiger partial charge in [0.05, 0.1) is 6.61 Å². The van der Waals surface area contributed by atoms with Gasteiger partial charge in [-0.1, -0.05) is 36.8 Å². The van der Waals surface area contributed by atoms with Gasteiger partial charge in [-0.2, -0.15) is 0 Å². The van der Waals surface area contributed by atoms with E-state index in [1.807, 2.05) is 0 Å². The van der Waals surface area contributed by atoms with Crippen molar-refractivity contribution in [2.45, 2.75) is 32.4 Å². The van der Waals surface area contributed by atoms with Crippen LogP contribution in [0, 0.1) is 6.92 Å². The van der Waals surface area contributed by atoms with Crippen molar-refractivity contribution in [3.8, 4) is 0 Å². The van der Waals surface area contributed by atoms with Crippen LogP contribution in [-0.2, 0) is 4.74 Å². The van der Waals surface area contributed by atoms with Gasteiger partial charge in [0.25, 0.3) is 0 Å². The van der Waals surface area contributed by atoms with Gasteiger partial charge in [-0.25, -0.2) is 0 Å². The highest BCUT2D eigenvalue weighted by Crippen LogP contribution is 2.24. The first-order valence-electron chi connectivity index (χ1n) is 6.61. The monoisotopic (exact) mass is 250 g/mol. The molecule has 1 rings (SSSR count). The van der Waals surface area contributed by atoms with Crippen LogP contribution in [0.25, 0.3) is 0 Å². The summed E-state index contributed by atoms with van der Waals surface area (Å²) < 4.78 is 5.15. The number of ether oxygens (including phenoxy) is 1. The molecule has 0 aliphatic heterocycles. The van der Waals surface area contributed by atoms with Crippen molar-refractivity contribution in [1.29, 1.82) is 0 Å². The fraction of sp³-hybridized carbons (Fsp3) is 0.600. The molecule has 2 atom stereocenters. The van der Waals surface area contributed by atoms with Gasteiger partial charge in [0, 0.05) is 25.7 Å². The summed E-state index contributed by atoms with van der Waals surface area (Å²) in [5, 5.41) is 0. The third kappa shape index (κ3) is 4.09. The van der Waals surface area contributed by atoms with Gasteiger partial charge in [-0.15, -0.1) is 0 Å². The Morgan fingerprint density at radius 1 is 1.39 bits per heavy atom. The maximum atomic E-state index is 6.29. The van der Waals surface area contributed by atoms with E-state index in [0.29, 0.717) is 0 Å². The molecule has 0 radical (unpaired) electrons. The highest BCUT2D eigenvalue weighted by Gasteiger charge is 2.22. The molecule has 1 aromatic carbocycles. The Morgan fingerprint density at radius 2 is 2.11 bits per heavy atom. The van der Waals surface area contributed by atoms with E-state index in [2.05, 4.69) is 50.1 Å². The van der Waals surface area contributed by atoms with Gasteiger partial charge in [0.1, 0.15) is 0 Å². The fourth-order valence-electron chi connectivity index (χ4n) is 2.28. The number of methoxy groups -OCH3 is 1. The third-order valence-electron chi connectivity index (χ3n) is 3.38. The zero-order valence-corrected chi connectivity index (χ0v) is 12.0. The molecule has 2 unspecified atom stereocenters. The lowest BCUT2D eigenvalue weighted by molar-refractivity contribution is 0.128. The van der Waals surface area contributed by atoms with E-state index in [1.165, 1.54) is 11.1 Å². The molecule has 0 aliphatic rings. The molecule has 0 spiro atoms. The molecule has 0 saturated carbocycles. The Bertz CT molecular complexity index is 354. The van der Waals surface area contributed by atoms with Crippen LogP contribution in [-0.4, -0.2) is 38.3 Å². The van der Waals surface area contributed by atoms with E-state index in [0.717, 1.165) is 19.6 Å². The minimum atomic E-state index is 0.147. The third-order valence-corrected chi connectivity index (χ3v) is 3.38. The number of hydrogen-bond donors (Lipinski definition) is 1. The summed E-state index contributed by atoms with van der Waals surface area (Å²) in [4.78, 5) is 2.28. The molecule has 18 heavy (non-hydrogen) atoms. The van der Waals surface area contributed by atoms with E-state index in [4.69, 9.17) is 10.5 Å². The van der Waals surface area contributed by atoms with Gasteiger partial charge in [0.15, 0.2) is 0 Å². The molecule has 102 valence electrons. The van der Waals surface area contributed by atoms with Crippen LogP contribution in [0.5, 0.6) is 0 Å². The molecular formula is C15H26N2O. The SMILES string of the molecule is CCC(N)C(c1cccc(C)c1)N(C)CCOC. The number of rotatable bonds is 7. The van der Waals surface area contributed by atoms with Crippen molar-refractivity contribution >= 4 is 0 Å². The minimum absolute atomic E-state index is 0.147. The zero-order valence-electron chi connectivity index (χ0n) is 12.0. The van der Waals surface area contributed by atoms with Crippen LogP contribution >= 0.6 is 0 Å². The largest absolute Gasteiger partial charge is 0.383 e. The quantitative estimate of drug-likeness (QED) is 0.807. The fourth-order valence-corrected chi connectivity index (χ4v) is 2.28. The summed E-state index contributed by atoms with van der Waals surface area (Å²) in [6, 6.07) is 9.01. The average molecular weight is 250 g/mol. The standard InChI is InChI=1S/C15H26N2O/c1-5-14(16)15(17(3)9-10-18-4)13-8-6-7-12(2)11-13/h6-8,11,14-15H,5,9-10,16H2,1-4H3. The number of nitrogens with zero attached hydrogens (tertiary/aromatic N) is 1. The Kier molecular flexibility index (Phi) is 6.33. The van der Waals surface area contributed by atoms with Crippen LogP contribution in [0.2, 0.25) is 0 Å². The Hall–Kier alpha value is -0.900. The smallest absolute Gasteiger partial charge is 0.0589 e. The van der Waals surface area contributed by atoms with Gasteiger partial charge in [-0.05, 0) is 26.0 Å². The lowest BCUT2D eigenvalue weighted by atomic mass is 9.95. The molecule has 0 aliphatic carbocycles. The van der Waals surface area contributed by atoms with Crippen molar-refractivity contribution in [3.05, 3.63) is 35.4 Å². The first-order chi connectivity index (χ1) is 8.60. The first kappa shape index (κ1) is 15.2. The average Bonchev–Trinajstić information content (AvgIpc) is 2.36. The van der Waals surface area contributed by atoms with Gasteiger partial charge in [-0.3, -0.25) is 4.90 Å². The number of nitrogens with two attached hydrogens (primary N) is 1. The van der Waals surface area contributed by atoms with Gasteiger partial charge >= 0.3 is 0 Å². The minimum Gasteiger partial charge on any atom is -0.383 e. The number of likely N-dealkylation sites (N-methyl/N-ethyl adjacent to an activating group) is 1. The molecule has 0 amide bonds. The lowest BCUT2D eigenvalue weighted by Crippen LogP contribution is -2.40. The van der Waals surface area contributed by atoms with E-state index < -0.39 is 0 Å². The maximum Gasteiger partial charge on any atom is 0.0589 e. The van der Waals surface area contributed by atoms with Crippen molar-refractivity contribution < 1.29 is 4.74 Å². The van der Waals surface area contributed by atoms with Crippen LogP contribution in [0.15, 0.2) is 24.3 Å². The second kappa shape index (κ2) is 7.52. The Balaban J connectivity index is 2.90. The summed E-state index contributed by atoms with van der Waals surface area (Å²) in [5.74, 6) is 0. The molecule has 0 bridgehead atoms. The molecule has 2 N–H and O–H groups in total.